The molecule has 3 aromatic heterocycles. The van der Waals surface area contributed by atoms with Crippen LogP contribution in [0.3, 0.4) is 0 Å². The summed E-state index contributed by atoms with van der Waals surface area (Å²) in [6.07, 6.45) is 9.75. The Morgan fingerprint density at radius 1 is 0.242 bits per heavy atom. The van der Waals surface area contributed by atoms with Crippen molar-refractivity contribution in [3.8, 4) is 0 Å². The number of furan rings is 3. The van der Waals surface area contributed by atoms with Crippen molar-refractivity contribution in [2.75, 3.05) is 0 Å². The summed E-state index contributed by atoms with van der Waals surface area (Å²) in [5.41, 5.74) is 0. The minimum atomic E-state index is 1.34. The Hall–Kier alpha value is -4.50. The first-order chi connectivity index (χ1) is 16.4. The van der Waals surface area contributed by atoms with Gasteiger partial charge < -0.3 is 13.3 Å². The van der Waals surface area contributed by atoms with Crippen LogP contribution in [0.4, 0.5) is 0 Å². The van der Waals surface area contributed by atoms with Gasteiger partial charge in [0.05, 0.1) is 37.6 Å². The second kappa shape index (κ2) is 11.8. The summed E-state index contributed by atoms with van der Waals surface area (Å²) in [4.78, 5) is 0. The van der Waals surface area contributed by atoms with Crippen molar-refractivity contribution in [3.05, 3.63) is 147 Å². The minimum absolute atomic E-state index is 1.34. The Kier molecular flexibility index (Phi) is 7.75. The van der Waals surface area contributed by atoms with E-state index in [1.807, 2.05) is 36.4 Å². The normalized spacial score (nSPS) is 9.82. The number of benzene rings is 4. The molecule has 0 fully saturated rings. The highest BCUT2D eigenvalue weighted by Gasteiger charge is 2.06. The Bertz CT molecular complexity index is 1110. The minimum Gasteiger partial charge on any atom is -0.473 e. The van der Waals surface area contributed by atoms with E-state index in [1.54, 1.807) is 37.6 Å². The van der Waals surface area contributed by atoms with Gasteiger partial charge in [-0.15, -0.1) is 0 Å². The van der Waals surface area contributed by atoms with Crippen molar-refractivity contribution in [1.82, 2.24) is 0 Å². The summed E-state index contributed by atoms with van der Waals surface area (Å²) in [6, 6.07) is 37.0. The Morgan fingerprint density at radius 3 is 0.545 bits per heavy atom. The fraction of sp³-hybridized carbons (Fsp3) is 0. The van der Waals surface area contributed by atoms with Crippen molar-refractivity contribution in [2.24, 2.45) is 0 Å². The lowest BCUT2D eigenvalue weighted by Gasteiger charge is -2.09. The van der Waals surface area contributed by atoms with Crippen LogP contribution in [0.25, 0.3) is 32.3 Å². The third-order valence-electron chi connectivity index (χ3n) is 4.93. The van der Waals surface area contributed by atoms with Crippen molar-refractivity contribution >= 4 is 32.3 Å². The molecule has 3 heterocycles. The van der Waals surface area contributed by atoms with Crippen LogP contribution in [-0.4, -0.2) is 0 Å². The summed E-state index contributed by atoms with van der Waals surface area (Å²) >= 11 is 0. The standard InChI is InChI=1S/C18H12.3C4H4O/c1-2-8-14-13(7-1)15-9-3-4-11-17(15)18-12-6-5-10-16(14)18;3*1-2-4-5-3-1/h1-12H;3*1-4H. The van der Waals surface area contributed by atoms with Crippen LogP contribution in [-0.2, 0) is 0 Å². The number of hydrogen-bond acceptors (Lipinski definition) is 3. The lowest BCUT2D eigenvalue weighted by molar-refractivity contribution is 0.567. The Balaban J connectivity index is 0.000000139. The lowest BCUT2D eigenvalue weighted by Crippen LogP contribution is -1.81. The van der Waals surface area contributed by atoms with Gasteiger partial charge in [0.1, 0.15) is 0 Å². The third kappa shape index (κ3) is 5.81. The maximum atomic E-state index is 4.58. The average Bonchev–Trinajstić information content (AvgIpc) is 3.72. The van der Waals surface area contributed by atoms with Crippen LogP contribution in [0.15, 0.2) is 160 Å². The summed E-state index contributed by atoms with van der Waals surface area (Å²) < 4.78 is 13.8. The molecule has 0 atom stereocenters. The van der Waals surface area contributed by atoms with Gasteiger partial charge in [-0.2, -0.15) is 0 Å². The molecule has 0 saturated carbocycles. The van der Waals surface area contributed by atoms with E-state index < -0.39 is 0 Å². The molecule has 0 radical (unpaired) electrons. The number of rotatable bonds is 0. The lowest BCUT2D eigenvalue weighted by atomic mass is 9.95. The molecule has 3 nitrogen and oxygen atoms in total. The van der Waals surface area contributed by atoms with Crippen molar-refractivity contribution < 1.29 is 13.3 Å². The molecule has 0 unspecified atom stereocenters. The van der Waals surface area contributed by atoms with Gasteiger partial charge in [0.15, 0.2) is 0 Å². The quantitative estimate of drug-likeness (QED) is 0.224. The number of hydrogen-bond donors (Lipinski definition) is 0. The van der Waals surface area contributed by atoms with Crippen LogP contribution in [0, 0.1) is 0 Å². The average molecular weight is 433 g/mol. The van der Waals surface area contributed by atoms with Crippen LogP contribution in [0.2, 0.25) is 0 Å². The van der Waals surface area contributed by atoms with Gasteiger partial charge in [0.2, 0.25) is 0 Å². The zero-order valence-electron chi connectivity index (χ0n) is 18.1. The highest BCUT2D eigenvalue weighted by molar-refractivity contribution is 6.25. The molecule has 3 heteroatoms. The smallest absolute Gasteiger partial charge is 0.0902 e. The van der Waals surface area contributed by atoms with Crippen molar-refractivity contribution in [1.29, 1.82) is 0 Å². The molecule has 0 bridgehead atoms. The van der Waals surface area contributed by atoms with Crippen molar-refractivity contribution in [2.45, 2.75) is 0 Å². The van der Waals surface area contributed by atoms with Crippen LogP contribution < -0.4 is 0 Å². The fourth-order valence-electron chi connectivity index (χ4n) is 3.54. The topological polar surface area (TPSA) is 39.4 Å². The van der Waals surface area contributed by atoms with E-state index >= 15 is 0 Å². The third-order valence-corrected chi connectivity index (χ3v) is 4.93. The van der Waals surface area contributed by atoms with E-state index in [-0.39, 0.29) is 0 Å². The molecule has 0 aliphatic carbocycles. The molecule has 0 N–H and O–H groups in total. The SMILES string of the molecule is c1ccc2c(c1)c1ccccc1c1ccccc21.c1ccoc1.c1ccoc1.c1ccoc1. The van der Waals surface area contributed by atoms with Crippen LogP contribution in [0.1, 0.15) is 0 Å². The maximum Gasteiger partial charge on any atom is 0.0902 e. The van der Waals surface area contributed by atoms with Crippen molar-refractivity contribution in [3.63, 3.8) is 0 Å². The highest BCUT2D eigenvalue weighted by Crippen LogP contribution is 2.34. The second-order valence-electron chi connectivity index (χ2n) is 7.02. The second-order valence-corrected chi connectivity index (χ2v) is 7.02. The zero-order valence-corrected chi connectivity index (χ0v) is 18.1. The maximum absolute atomic E-state index is 4.58. The summed E-state index contributed by atoms with van der Waals surface area (Å²) in [5, 5.41) is 8.04. The summed E-state index contributed by atoms with van der Waals surface area (Å²) in [7, 11) is 0. The van der Waals surface area contributed by atoms with Gasteiger partial charge in [0, 0.05) is 0 Å². The number of fused-ring (bicyclic) bond motifs is 6. The Morgan fingerprint density at radius 2 is 0.424 bits per heavy atom. The van der Waals surface area contributed by atoms with E-state index in [9.17, 15) is 0 Å². The molecular formula is C30H24O3. The van der Waals surface area contributed by atoms with Gasteiger partial charge in [0.25, 0.3) is 0 Å². The molecule has 7 rings (SSSR count). The summed E-state index contributed by atoms with van der Waals surface area (Å²) in [5.74, 6) is 0. The largest absolute Gasteiger partial charge is 0.473 e. The molecule has 4 aromatic carbocycles. The molecule has 0 aliphatic rings. The fourth-order valence-corrected chi connectivity index (χ4v) is 3.54. The van der Waals surface area contributed by atoms with E-state index in [1.165, 1.54) is 32.3 Å². The van der Waals surface area contributed by atoms with E-state index in [2.05, 4.69) is 86.0 Å². The summed E-state index contributed by atoms with van der Waals surface area (Å²) in [6.45, 7) is 0. The molecule has 33 heavy (non-hydrogen) atoms. The molecular weight excluding hydrogens is 408 g/mol. The first-order valence-electron chi connectivity index (χ1n) is 10.6. The molecule has 7 aromatic rings. The van der Waals surface area contributed by atoms with Gasteiger partial charge in [-0.05, 0) is 68.7 Å². The van der Waals surface area contributed by atoms with Gasteiger partial charge in [-0.25, -0.2) is 0 Å². The van der Waals surface area contributed by atoms with Crippen LogP contribution >= 0.6 is 0 Å². The van der Waals surface area contributed by atoms with E-state index in [0.29, 0.717) is 0 Å². The first-order valence-corrected chi connectivity index (χ1v) is 10.6. The molecule has 0 spiro atoms. The molecule has 0 amide bonds. The van der Waals surface area contributed by atoms with E-state index in [4.69, 9.17) is 0 Å². The Labute approximate surface area is 192 Å². The van der Waals surface area contributed by atoms with Crippen LogP contribution in [0.5, 0.6) is 0 Å². The predicted molar refractivity (Wildman–Crippen MR) is 135 cm³/mol. The molecule has 162 valence electrons. The van der Waals surface area contributed by atoms with Gasteiger partial charge >= 0.3 is 0 Å². The monoisotopic (exact) mass is 432 g/mol. The molecule has 0 saturated heterocycles. The molecule has 0 aliphatic heterocycles. The first kappa shape index (κ1) is 21.7. The predicted octanol–water partition coefficient (Wildman–Crippen LogP) is 8.98. The van der Waals surface area contributed by atoms with Gasteiger partial charge in [-0.3, -0.25) is 0 Å². The van der Waals surface area contributed by atoms with E-state index in [0.717, 1.165) is 0 Å². The highest BCUT2D eigenvalue weighted by atomic mass is 16.3. The van der Waals surface area contributed by atoms with Gasteiger partial charge in [-0.1, -0.05) is 72.8 Å². The zero-order chi connectivity index (χ0) is 22.6.